The number of ether oxygens (including phenoxy) is 1. The van der Waals surface area contributed by atoms with Crippen LogP contribution in [0.3, 0.4) is 0 Å². The van der Waals surface area contributed by atoms with E-state index in [2.05, 4.69) is 5.32 Å². The smallest absolute Gasteiger partial charge is 0.308 e. The molecular formula is C22H26ClN3O5S2. The summed E-state index contributed by atoms with van der Waals surface area (Å²) in [4.78, 5) is 25.5. The van der Waals surface area contributed by atoms with Crippen LogP contribution < -0.4 is 19.2 Å². The Hall–Kier alpha value is -2.56. The molecule has 1 N–H and O–H groups in total. The number of nitrogens with one attached hydrogen (secondary N) is 1. The fraction of sp³-hybridized carbons (Fsp3) is 0.364. The third kappa shape index (κ3) is 5.18. The minimum Gasteiger partial charge on any atom is -0.495 e. The molecule has 0 fully saturated rings. The number of nitrogens with zero attached hydrogens (tertiary/aromatic N) is 2. The number of halogens is 1. The molecule has 8 nitrogen and oxygen atoms in total. The summed E-state index contributed by atoms with van der Waals surface area (Å²) in [5.41, 5.74) is 1.43. The quantitative estimate of drug-likeness (QED) is 0.480. The van der Waals surface area contributed by atoms with Gasteiger partial charge >= 0.3 is 4.87 Å². The highest BCUT2D eigenvalue weighted by Gasteiger charge is 2.33. The van der Waals surface area contributed by atoms with Crippen LogP contribution in [0.4, 0.5) is 11.4 Å². The van der Waals surface area contributed by atoms with Crippen LogP contribution in [0.25, 0.3) is 10.2 Å². The first-order valence-corrected chi connectivity index (χ1v) is 13.3. The summed E-state index contributed by atoms with van der Waals surface area (Å²) < 4.78 is 34.3. The molecule has 2 aromatic carbocycles. The standard InChI is InChI=1S/C22H26ClN3O5S2/c1-6-16(26(33(5,29)30)18-11-14(23)7-10-19(18)31-4)21(27)24-15-8-9-17-20(12-15)32-22(28)25(17)13(2)3/h7-13,16H,6H2,1-5H3,(H,24,27)/t16-/m1/s1. The number of fused-ring (bicyclic) bond motifs is 1. The largest absolute Gasteiger partial charge is 0.495 e. The highest BCUT2D eigenvalue weighted by molar-refractivity contribution is 7.92. The topological polar surface area (TPSA) is 97.7 Å². The Balaban J connectivity index is 2.00. The van der Waals surface area contributed by atoms with Crippen molar-refractivity contribution in [2.75, 3.05) is 23.0 Å². The summed E-state index contributed by atoms with van der Waals surface area (Å²) in [5.74, 6) is -0.239. The summed E-state index contributed by atoms with van der Waals surface area (Å²) in [6.07, 6.45) is 1.23. The van der Waals surface area contributed by atoms with Crippen LogP contribution >= 0.6 is 22.9 Å². The number of hydrogen-bond acceptors (Lipinski definition) is 6. The zero-order chi connectivity index (χ0) is 24.5. The average Bonchev–Trinajstić information content (AvgIpc) is 3.05. The summed E-state index contributed by atoms with van der Waals surface area (Å²) in [7, 11) is -2.46. The van der Waals surface area contributed by atoms with Gasteiger partial charge in [0.05, 0.1) is 29.3 Å². The van der Waals surface area contributed by atoms with Crippen LogP contribution in [0.1, 0.15) is 33.2 Å². The third-order valence-electron chi connectivity index (χ3n) is 5.11. The van der Waals surface area contributed by atoms with Gasteiger partial charge in [-0.1, -0.05) is 29.9 Å². The number of methoxy groups -OCH3 is 1. The normalized spacial score (nSPS) is 12.7. The lowest BCUT2D eigenvalue weighted by Gasteiger charge is -2.31. The number of rotatable bonds is 8. The first-order chi connectivity index (χ1) is 15.5. The van der Waals surface area contributed by atoms with Crippen molar-refractivity contribution in [3.05, 3.63) is 51.1 Å². The Labute approximate surface area is 201 Å². The van der Waals surface area contributed by atoms with E-state index < -0.39 is 22.0 Å². The molecule has 178 valence electrons. The second-order valence-corrected chi connectivity index (χ2v) is 11.1. The van der Waals surface area contributed by atoms with Crippen LogP contribution in [0.5, 0.6) is 5.75 Å². The number of carbonyl (C=O) groups is 1. The molecule has 3 aromatic rings. The number of amides is 1. The monoisotopic (exact) mass is 511 g/mol. The molecule has 1 heterocycles. The second-order valence-electron chi connectivity index (χ2n) is 7.80. The first kappa shape index (κ1) is 25.1. The van der Waals surface area contributed by atoms with Crippen LogP contribution in [-0.2, 0) is 14.8 Å². The molecule has 1 amide bonds. The van der Waals surface area contributed by atoms with Crippen LogP contribution in [0.2, 0.25) is 5.02 Å². The average molecular weight is 512 g/mol. The summed E-state index contributed by atoms with van der Waals surface area (Å²) in [6.45, 7) is 5.58. The predicted molar refractivity (Wildman–Crippen MR) is 135 cm³/mol. The molecular weight excluding hydrogens is 486 g/mol. The summed E-state index contributed by atoms with van der Waals surface area (Å²) >= 11 is 7.21. The number of hydrogen-bond donors (Lipinski definition) is 1. The van der Waals surface area contributed by atoms with E-state index in [-0.39, 0.29) is 28.8 Å². The number of sulfonamides is 1. The number of benzene rings is 2. The van der Waals surface area contributed by atoms with Crippen molar-refractivity contribution in [1.82, 2.24) is 4.57 Å². The highest BCUT2D eigenvalue weighted by atomic mass is 35.5. The van der Waals surface area contributed by atoms with Gasteiger partial charge in [0.15, 0.2) is 0 Å². The van der Waals surface area contributed by atoms with Gasteiger partial charge < -0.3 is 10.1 Å². The maximum Gasteiger partial charge on any atom is 0.308 e. The molecule has 0 unspecified atom stereocenters. The Morgan fingerprint density at radius 1 is 1.24 bits per heavy atom. The Morgan fingerprint density at radius 3 is 2.52 bits per heavy atom. The van der Waals surface area contributed by atoms with E-state index in [9.17, 15) is 18.0 Å². The van der Waals surface area contributed by atoms with Crippen molar-refractivity contribution in [3.63, 3.8) is 0 Å². The second kappa shape index (κ2) is 9.74. The van der Waals surface area contributed by atoms with Crippen molar-refractivity contribution in [3.8, 4) is 5.75 Å². The highest BCUT2D eigenvalue weighted by Crippen LogP contribution is 2.35. The van der Waals surface area contributed by atoms with E-state index in [1.807, 2.05) is 13.8 Å². The van der Waals surface area contributed by atoms with Gasteiger partial charge in [0.2, 0.25) is 15.9 Å². The van der Waals surface area contributed by atoms with E-state index in [4.69, 9.17) is 16.3 Å². The molecule has 0 saturated heterocycles. The number of anilines is 2. The van der Waals surface area contributed by atoms with Gasteiger partial charge in [-0.05, 0) is 56.7 Å². The Bertz CT molecular complexity index is 1350. The summed E-state index contributed by atoms with van der Waals surface area (Å²) in [6, 6.07) is 8.73. The van der Waals surface area contributed by atoms with Crippen molar-refractivity contribution >= 4 is 60.5 Å². The predicted octanol–water partition coefficient (Wildman–Crippen LogP) is 4.49. The fourth-order valence-corrected chi connectivity index (χ4v) is 6.13. The molecule has 0 aliphatic heterocycles. The zero-order valence-electron chi connectivity index (χ0n) is 19.0. The van der Waals surface area contributed by atoms with E-state index in [1.165, 1.54) is 13.2 Å². The fourth-order valence-electron chi connectivity index (χ4n) is 3.70. The molecule has 0 spiro atoms. The Morgan fingerprint density at radius 2 is 1.94 bits per heavy atom. The molecule has 0 aliphatic rings. The van der Waals surface area contributed by atoms with Crippen molar-refractivity contribution in [2.24, 2.45) is 0 Å². The SMILES string of the molecule is CC[C@H](C(=O)Nc1ccc2c(c1)sc(=O)n2C(C)C)N(c1cc(Cl)ccc1OC)S(C)(=O)=O. The number of aromatic nitrogens is 1. The van der Waals surface area contributed by atoms with Crippen LogP contribution in [0.15, 0.2) is 41.2 Å². The van der Waals surface area contributed by atoms with Gasteiger partial charge in [0.1, 0.15) is 11.8 Å². The maximum absolute atomic E-state index is 13.3. The zero-order valence-corrected chi connectivity index (χ0v) is 21.3. The maximum atomic E-state index is 13.3. The van der Waals surface area contributed by atoms with E-state index in [1.54, 1.807) is 41.8 Å². The molecule has 0 bridgehead atoms. The molecule has 3 rings (SSSR count). The number of thiazole rings is 1. The van der Waals surface area contributed by atoms with E-state index in [0.717, 1.165) is 32.1 Å². The minimum atomic E-state index is -3.87. The molecule has 11 heteroatoms. The molecule has 1 aromatic heterocycles. The lowest BCUT2D eigenvalue weighted by molar-refractivity contribution is -0.117. The van der Waals surface area contributed by atoms with Crippen LogP contribution in [-0.4, -0.2) is 38.3 Å². The van der Waals surface area contributed by atoms with Crippen LogP contribution in [0, 0.1) is 0 Å². The molecule has 0 aliphatic carbocycles. The van der Waals surface area contributed by atoms with Gasteiger partial charge in [0.25, 0.3) is 0 Å². The Kier molecular flexibility index (Phi) is 7.40. The lowest BCUT2D eigenvalue weighted by atomic mass is 10.1. The van der Waals surface area contributed by atoms with E-state index >= 15 is 0 Å². The van der Waals surface area contributed by atoms with Gasteiger partial charge in [-0.15, -0.1) is 0 Å². The molecule has 0 saturated carbocycles. The minimum absolute atomic E-state index is 0.00663. The third-order valence-corrected chi connectivity index (χ3v) is 7.42. The van der Waals surface area contributed by atoms with Crippen molar-refractivity contribution < 1.29 is 17.9 Å². The van der Waals surface area contributed by atoms with Gasteiger partial charge in [-0.25, -0.2) is 8.42 Å². The molecule has 0 radical (unpaired) electrons. The van der Waals surface area contributed by atoms with Crippen molar-refractivity contribution in [2.45, 2.75) is 39.3 Å². The molecule has 1 atom stereocenters. The van der Waals surface area contributed by atoms with Gasteiger partial charge in [0, 0.05) is 16.8 Å². The summed E-state index contributed by atoms with van der Waals surface area (Å²) in [5, 5.41) is 3.10. The lowest BCUT2D eigenvalue weighted by Crippen LogP contribution is -2.47. The van der Waals surface area contributed by atoms with Gasteiger partial charge in [-0.3, -0.25) is 18.5 Å². The number of carbonyl (C=O) groups excluding carboxylic acids is 1. The van der Waals surface area contributed by atoms with E-state index in [0.29, 0.717) is 10.7 Å². The van der Waals surface area contributed by atoms with Gasteiger partial charge in [-0.2, -0.15) is 0 Å². The first-order valence-electron chi connectivity index (χ1n) is 10.3. The van der Waals surface area contributed by atoms with Crippen molar-refractivity contribution in [1.29, 1.82) is 0 Å². The molecule has 33 heavy (non-hydrogen) atoms.